The van der Waals surface area contributed by atoms with Crippen molar-refractivity contribution in [1.29, 1.82) is 0 Å². The maximum Gasteiger partial charge on any atom is 0.269 e. The van der Waals surface area contributed by atoms with E-state index in [1.165, 1.54) is 14.2 Å². The molecule has 2 amide bonds. The molecule has 0 saturated heterocycles. The van der Waals surface area contributed by atoms with Gasteiger partial charge in [-0.25, -0.2) is 0 Å². The normalized spacial score (nSPS) is 11.6. The van der Waals surface area contributed by atoms with Gasteiger partial charge in [-0.2, -0.15) is 0 Å². The third-order valence-corrected chi connectivity index (χ3v) is 4.34. The first-order chi connectivity index (χ1) is 12.8. The van der Waals surface area contributed by atoms with E-state index < -0.39 is 11.8 Å². The summed E-state index contributed by atoms with van der Waals surface area (Å²) in [6.45, 7) is 3.88. The van der Waals surface area contributed by atoms with Gasteiger partial charge in [0.2, 0.25) is 5.91 Å². The molecule has 2 rings (SSSR count). The van der Waals surface area contributed by atoms with Crippen LogP contribution in [0.15, 0.2) is 42.5 Å². The molecular formula is C20H23ClN2O4. The van der Waals surface area contributed by atoms with Gasteiger partial charge < -0.3 is 9.47 Å². The van der Waals surface area contributed by atoms with Crippen molar-refractivity contribution in [1.82, 2.24) is 10.9 Å². The predicted molar refractivity (Wildman–Crippen MR) is 104 cm³/mol. The average molecular weight is 391 g/mol. The van der Waals surface area contributed by atoms with E-state index in [0.717, 1.165) is 5.56 Å². The number of carbonyl (C=O) groups excluding carboxylic acids is 2. The van der Waals surface area contributed by atoms with Crippen molar-refractivity contribution in [2.75, 3.05) is 14.2 Å². The van der Waals surface area contributed by atoms with E-state index in [1.54, 1.807) is 42.5 Å². The first-order valence-corrected chi connectivity index (χ1v) is 8.82. The second kappa shape index (κ2) is 9.28. The van der Waals surface area contributed by atoms with Gasteiger partial charge >= 0.3 is 0 Å². The molecule has 0 aliphatic rings. The second-order valence-corrected chi connectivity index (χ2v) is 6.75. The zero-order valence-electron chi connectivity index (χ0n) is 15.7. The van der Waals surface area contributed by atoms with Crippen molar-refractivity contribution in [3.05, 3.63) is 58.6 Å². The molecule has 0 saturated carbocycles. The first kappa shape index (κ1) is 20.6. The van der Waals surface area contributed by atoms with E-state index in [-0.39, 0.29) is 11.8 Å². The molecule has 6 nitrogen and oxygen atoms in total. The highest BCUT2D eigenvalue weighted by molar-refractivity contribution is 6.30. The minimum atomic E-state index is -0.473. The van der Waals surface area contributed by atoms with E-state index in [2.05, 4.69) is 10.9 Å². The molecule has 144 valence electrons. The zero-order valence-corrected chi connectivity index (χ0v) is 16.5. The Labute approximate surface area is 163 Å². The Hall–Kier alpha value is -2.73. The lowest BCUT2D eigenvalue weighted by molar-refractivity contribution is -0.124. The number of benzene rings is 2. The number of methoxy groups -OCH3 is 2. The van der Waals surface area contributed by atoms with Gasteiger partial charge in [0.25, 0.3) is 5.91 Å². The van der Waals surface area contributed by atoms with Gasteiger partial charge in [-0.1, -0.05) is 37.6 Å². The van der Waals surface area contributed by atoms with Crippen molar-refractivity contribution in [2.45, 2.75) is 19.8 Å². The number of rotatable bonds is 6. The van der Waals surface area contributed by atoms with Crippen molar-refractivity contribution < 1.29 is 19.1 Å². The highest BCUT2D eigenvalue weighted by Gasteiger charge is 2.24. The number of hydrazine groups is 1. The number of carbonyl (C=O) groups is 2. The maximum absolute atomic E-state index is 12.6. The van der Waals surface area contributed by atoms with Gasteiger partial charge in [-0.05, 0) is 35.7 Å². The number of hydrogen-bond acceptors (Lipinski definition) is 4. The Morgan fingerprint density at radius 2 is 1.48 bits per heavy atom. The minimum absolute atomic E-state index is 0.0278. The van der Waals surface area contributed by atoms with E-state index in [4.69, 9.17) is 21.1 Å². The summed E-state index contributed by atoms with van der Waals surface area (Å²) in [7, 11) is 3.00. The molecule has 7 heteroatoms. The summed E-state index contributed by atoms with van der Waals surface area (Å²) < 4.78 is 10.3. The van der Waals surface area contributed by atoms with Crippen molar-refractivity contribution >= 4 is 23.4 Å². The van der Waals surface area contributed by atoms with E-state index in [9.17, 15) is 9.59 Å². The van der Waals surface area contributed by atoms with E-state index in [1.807, 2.05) is 13.8 Å². The van der Waals surface area contributed by atoms with Crippen molar-refractivity contribution in [2.24, 2.45) is 5.92 Å². The lowest BCUT2D eigenvalue weighted by Gasteiger charge is -2.21. The van der Waals surface area contributed by atoms with Crippen LogP contribution in [0.4, 0.5) is 0 Å². The molecule has 0 aliphatic carbocycles. The topological polar surface area (TPSA) is 76.7 Å². The van der Waals surface area contributed by atoms with Gasteiger partial charge in [0, 0.05) is 16.7 Å². The van der Waals surface area contributed by atoms with Gasteiger partial charge in [0.05, 0.1) is 20.1 Å². The third kappa shape index (κ3) is 5.37. The third-order valence-electron chi connectivity index (χ3n) is 4.09. The summed E-state index contributed by atoms with van der Waals surface area (Å²) in [6, 6.07) is 11.9. The monoisotopic (exact) mass is 390 g/mol. The highest BCUT2D eigenvalue weighted by Crippen LogP contribution is 2.26. The SMILES string of the molecule is COc1cc(OC)cc(C(=O)NNC(=O)[C@H](c2ccc(Cl)cc2)C(C)C)c1. The molecule has 27 heavy (non-hydrogen) atoms. The van der Waals surface area contributed by atoms with Gasteiger partial charge in [0.15, 0.2) is 0 Å². The van der Waals surface area contributed by atoms with Crippen LogP contribution in [0, 0.1) is 5.92 Å². The molecule has 0 bridgehead atoms. The molecule has 0 aromatic heterocycles. The highest BCUT2D eigenvalue weighted by atomic mass is 35.5. The van der Waals surface area contributed by atoms with Crippen LogP contribution in [-0.4, -0.2) is 26.0 Å². The van der Waals surface area contributed by atoms with Crippen LogP contribution in [0.3, 0.4) is 0 Å². The molecule has 0 unspecified atom stereocenters. The smallest absolute Gasteiger partial charge is 0.269 e. The standard InChI is InChI=1S/C20H23ClN2O4/c1-12(2)18(13-5-7-15(21)8-6-13)20(25)23-22-19(24)14-9-16(26-3)11-17(10-14)27-4/h5-12,18H,1-4H3,(H,22,24)(H,23,25)/t18-/m0/s1. The quantitative estimate of drug-likeness (QED) is 0.739. The fourth-order valence-corrected chi connectivity index (χ4v) is 2.84. The van der Waals surface area contributed by atoms with Gasteiger partial charge in [-0.3, -0.25) is 20.4 Å². The summed E-state index contributed by atoms with van der Waals surface area (Å²) in [6.07, 6.45) is 0. The van der Waals surface area contributed by atoms with Crippen LogP contribution in [0.1, 0.15) is 35.7 Å². The molecule has 2 N–H and O–H groups in total. The minimum Gasteiger partial charge on any atom is -0.497 e. The Morgan fingerprint density at radius 3 is 1.96 bits per heavy atom. The van der Waals surface area contributed by atoms with Crippen molar-refractivity contribution in [3.63, 3.8) is 0 Å². The molecule has 1 atom stereocenters. The molecular weight excluding hydrogens is 368 g/mol. The second-order valence-electron chi connectivity index (χ2n) is 6.32. The lowest BCUT2D eigenvalue weighted by Crippen LogP contribution is -2.44. The Balaban J connectivity index is 2.10. The largest absolute Gasteiger partial charge is 0.497 e. The molecule has 2 aromatic carbocycles. The Kier molecular flexibility index (Phi) is 7.07. The van der Waals surface area contributed by atoms with Gasteiger partial charge in [0.1, 0.15) is 11.5 Å². The average Bonchev–Trinajstić information content (AvgIpc) is 2.67. The predicted octanol–water partition coefficient (Wildman–Crippen LogP) is 3.56. The first-order valence-electron chi connectivity index (χ1n) is 8.44. The molecule has 0 spiro atoms. The maximum atomic E-state index is 12.6. The molecule has 0 radical (unpaired) electrons. The summed E-state index contributed by atoms with van der Waals surface area (Å²) in [5.41, 5.74) is 6.07. The van der Waals surface area contributed by atoms with Crippen LogP contribution in [0.5, 0.6) is 11.5 Å². The summed E-state index contributed by atoms with van der Waals surface area (Å²) in [4.78, 5) is 25.0. The zero-order chi connectivity index (χ0) is 20.0. The number of amides is 2. The van der Waals surface area contributed by atoms with Crippen LogP contribution in [0.2, 0.25) is 5.02 Å². The molecule has 2 aromatic rings. The van der Waals surface area contributed by atoms with Crippen molar-refractivity contribution in [3.8, 4) is 11.5 Å². The fourth-order valence-electron chi connectivity index (χ4n) is 2.72. The fraction of sp³-hybridized carbons (Fsp3) is 0.300. The van der Waals surface area contributed by atoms with Gasteiger partial charge in [-0.15, -0.1) is 0 Å². The Morgan fingerprint density at radius 1 is 0.926 bits per heavy atom. The number of halogens is 1. The van der Waals surface area contributed by atoms with Crippen LogP contribution >= 0.6 is 11.6 Å². The summed E-state index contributed by atoms with van der Waals surface area (Å²) >= 11 is 5.92. The van der Waals surface area contributed by atoms with Crippen LogP contribution in [-0.2, 0) is 4.79 Å². The Bertz CT molecular complexity index is 784. The lowest BCUT2D eigenvalue weighted by atomic mass is 9.88. The van der Waals surface area contributed by atoms with E-state index >= 15 is 0 Å². The molecule has 0 aliphatic heterocycles. The van der Waals surface area contributed by atoms with Crippen LogP contribution in [0.25, 0.3) is 0 Å². The number of nitrogens with one attached hydrogen (secondary N) is 2. The number of ether oxygens (including phenoxy) is 2. The van der Waals surface area contributed by atoms with E-state index in [0.29, 0.717) is 22.1 Å². The summed E-state index contributed by atoms with van der Waals surface area (Å²) in [5, 5.41) is 0.599. The molecule has 0 fully saturated rings. The summed E-state index contributed by atoms with van der Waals surface area (Å²) in [5.74, 6) is -0.226. The number of hydrogen-bond donors (Lipinski definition) is 2. The van der Waals surface area contributed by atoms with Crippen LogP contribution < -0.4 is 20.3 Å². The molecule has 0 heterocycles.